The molecule has 1 saturated heterocycles. The van der Waals surface area contributed by atoms with Crippen LogP contribution in [-0.4, -0.2) is 34.4 Å². The summed E-state index contributed by atoms with van der Waals surface area (Å²) in [6.45, 7) is 2.48. The molecule has 1 aromatic rings. The molecule has 6 heteroatoms. The summed E-state index contributed by atoms with van der Waals surface area (Å²) in [7, 11) is 0. The van der Waals surface area contributed by atoms with Gasteiger partial charge < -0.3 is 4.74 Å². The Morgan fingerprint density at radius 2 is 2.47 bits per heavy atom. The van der Waals surface area contributed by atoms with Gasteiger partial charge in [-0.3, -0.25) is 5.14 Å². The fourth-order valence-electron chi connectivity index (χ4n) is 1.29. The van der Waals surface area contributed by atoms with E-state index in [4.69, 9.17) is 9.88 Å². The van der Waals surface area contributed by atoms with Crippen molar-refractivity contribution in [3.05, 3.63) is 24.4 Å². The molecule has 2 rings (SSSR count). The molecule has 1 fully saturated rings. The molecule has 0 amide bonds. The average molecular weight is 243 g/mol. The van der Waals surface area contributed by atoms with Crippen LogP contribution in [0.2, 0.25) is 0 Å². The van der Waals surface area contributed by atoms with Crippen molar-refractivity contribution in [2.24, 2.45) is 5.14 Å². The number of hydrogen-bond donors (Lipinski definition) is 1. The second kappa shape index (κ2) is 5.72. The van der Waals surface area contributed by atoms with Crippen LogP contribution in [0.15, 0.2) is 29.4 Å². The maximum atomic E-state index is 5.50. The molecule has 0 bridgehead atoms. The Morgan fingerprint density at radius 3 is 3.20 bits per heavy atom. The minimum Gasteiger partial charge on any atom is -0.364 e. The zero-order valence-corrected chi connectivity index (χ0v) is 9.84. The maximum absolute atomic E-state index is 5.50. The van der Waals surface area contributed by atoms with E-state index in [1.54, 1.807) is 18.1 Å². The molecule has 1 aliphatic heterocycles. The van der Waals surface area contributed by atoms with Gasteiger partial charge in [-0.05, 0) is 24.1 Å². The van der Waals surface area contributed by atoms with Crippen molar-refractivity contribution in [1.82, 2.24) is 9.29 Å². The highest BCUT2D eigenvalue weighted by molar-refractivity contribution is 7.98. The maximum Gasteiger partial charge on any atom is 0.130 e. The average Bonchev–Trinajstić information content (AvgIpc) is 2.31. The van der Waals surface area contributed by atoms with Crippen molar-refractivity contribution in [3.8, 4) is 0 Å². The molecule has 1 atom stereocenters. The van der Waals surface area contributed by atoms with Crippen molar-refractivity contribution in [1.29, 1.82) is 0 Å². The topological polar surface area (TPSA) is 51.4 Å². The van der Waals surface area contributed by atoms with Crippen LogP contribution in [0.5, 0.6) is 0 Å². The Bertz CT molecular complexity index is 299. The van der Waals surface area contributed by atoms with Gasteiger partial charge in [0.05, 0.1) is 6.61 Å². The van der Waals surface area contributed by atoms with E-state index in [1.807, 2.05) is 18.2 Å². The zero-order chi connectivity index (χ0) is 10.5. The second-order valence-electron chi connectivity index (χ2n) is 3.08. The summed E-state index contributed by atoms with van der Waals surface area (Å²) in [5.41, 5.74) is 0.0787. The van der Waals surface area contributed by atoms with Crippen LogP contribution in [0.25, 0.3) is 0 Å². The van der Waals surface area contributed by atoms with Crippen molar-refractivity contribution in [2.45, 2.75) is 10.5 Å². The number of nitrogens with zero attached hydrogens (tertiary/aromatic N) is 2. The van der Waals surface area contributed by atoms with E-state index in [1.165, 1.54) is 11.9 Å². The number of hydrogen-bond acceptors (Lipinski definition) is 6. The monoisotopic (exact) mass is 243 g/mol. The second-order valence-corrected chi connectivity index (χ2v) is 5.00. The molecule has 2 heterocycles. The third kappa shape index (κ3) is 3.35. The third-order valence-electron chi connectivity index (χ3n) is 2.01. The van der Waals surface area contributed by atoms with Crippen LogP contribution in [0.4, 0.5) is 0 Å². The Morgan fingerprint density at radius 1 is 1.53 bits per heavy atom. The van der Waals surface area contributed by atoms with Gasteiger partial charge in [0.1, 0.15) is 10.5 Å². The lowest BCUT2D eigenvalue weighted by molar-refractivity contribution is 0.0548. The molecule has 82 valence electrons. The van der Waals surface area contributed by atoms with Gasteiger partial charge in [0.15, 0.2) is 0 Å². The summed E-state index contributed by atoms with van der Waals surface area (Å²) in [6.07, 6.45) is 1.80. The standard InChI is InChI=1S/C9H13N3OS2/c10-14-9-7-12(5-6-13-9)15-8-3-1-2-4-11-8/h1-4,9H,5-7,10H2. The zero-order valence-electron chi connectivity index (χ0n) is 8.20. The highest BCUT2D eigenvalue weighted by Gasteiger charge is 2.20. The molecule has 4 nitrogen and oxygen atoms in total. The predicted octanol–water partition coefficient (Wildman–Crippen LogP) is 1.35. The number of morpholine rings is 1. The molecule has 0 aliphatic carbocycles. The van der Waals surface area contributed by atoms with E-state index in [0.717, 1.165) is 24.7 Å². The van der Waals surface area contributed by atoms with Crippen LogP contribution in [0.1, 0.15) is 0 Å². The lowest BCUT2D eigenvalue weighted by Crippen LogP contribution is -2.37. The lowest BCUT2D eigenvalue weighted by Gasteiger charge is -2.30. The Kier molecular flexibility index (Phi) is 4.28. The normalized spacial score (nSPS) is 22.9. The van der Waals surface area contributed by atoms with Gasteiger partial charge in [0.2, 0.25) is 0 Å². The number of aromatic nitrogens is 1. The van der Waals surface area contributed by atoms with Gasteiger partial charge in [-0.15, -0.1) is 0 Å². The molecular formula is C9H13N3OS2. The van der Waals surface area contributed by atoms with Gasteiger partial charge in [0, 0.05) is 19.3 Å². The molecule has 1 aliphatic rings. The molecule has 0 saturated carbocycles. The van der Waals surface area contributed by atoms with Crippen molar-refractivity contribution >= 4 is 23.9 Å². The first kappa shape index (κ1) is 11.2. The summed E-state index contributed by atoms with van der Waals surface area (Å²) in [5, 5.41) is 6.51. The van der Waals surface area contributed by atoms with E-state index < -0.39 is 0 Å². The van der Waals surface area contributed by atoms with Gasteiger partial charge >= 0.3 is 0 Å². The van der Waals surface area contributed by atoms with E-state index in [2.05, 4.69) is 9.29 Å². The van der Waals surface area contributed by atoms with E-state index in [0.29, 0.717) is 0 Å². The fourth-order valence-corrected chi connectivity index (χ4v) is 2.72. The Balaban J connectivity index is 1.89. The molecule has 15 heavy (non-hydrogen) atoms. The van der Waals surface area contributed by atoms with Crippen molar-refractivity contribution < 1.29 is 4.74 Å². The first-order valence-corrected chi connectivity index (χ1v) is 6.41. The molecular weight excluding hydrogens is 230 g/mol. The molecule has 0 aromatic carbocycles. The highest BCUT2D eigenvalue weighted by atomic mass is 32.2. The molecule has 0 spiro atoms. The minimum absolute atomic E-state index is 0.0787. The number of ether oxygens (including phenoxy) is 1. The van der Waals surface area contributed by atoms with Crippen molar-refractivity contribution in [2.75, 3.05) is 19.7 Å². The van der Waals surface area contributed by atoms with E-state index in [-0.39, 0.29) is 5.44 Å². The minimum atomic E-state index is 0.0787. The first-order valence-electron chi connectivity index (χ1n) is 4.69. The molecule has 2 N–H and O–H groups in total. The first-order chi connectivity index (χ1) is 7.38. The van der Waals surface area contributed by atoms with Gasteiger partial charge in [-0.25, -0.2) is 9.29 Å². The van der Waals surface area contributed by atoms with Gasteiger partial charge in [-0.2, -0.15) is 0 Å². The quantitative estimate of drug-likeness (QED) is 0.809. The van der Waals surface area contributed by atoms with E-state index in [9.17, 15) is 0 Å². The Hall–Kier alpha value is -0.270. The van der Waals surface area contributed by atoms with Crippen LogP contribution in [0, 0.1) is 0 Å². The van der Waals surface area contributed by atoms with Crippen molar-refractivity contribution in [3.63, 3.8) is 0 Å². The number of nitrogens with two attached hydrogens (primary N) is 1. The summed E-state index contributed by atoms with van der Waals surface area (Å²) < 4.78 is 7.69. The summed E-state index contributed by atoms with van der Waals surface area (Å²) >= 11 is 2.92. The number of pyridine rings is 1. The summed E-state index contributed by atoms with van der Waals surface area (Å²) in [6, 6.07) is 5.91. The molecule has 1 unspecified atom stereocenters. The molecule has 1 aromatic heterocycles. The largest absolute Gasteiger partial charge is 0.364 e. The van der Waals surface area contributed by atoms with Crippen LogP contribution >= 0.6 is 23.9 Å². The lowest BCUT2D eigenvalue weighted by atomic mass is 10.5. The summed E-state index contributed by atoms with van der Waals surface area (Å²) in [4.78, 5) is 4.27. The van der Waals surface area contributed by atoms with E-state index >= 15 is 0 Å². The third-order valence-corrected chi connectivity index (χ3v) is 3.62. The predicted molar refractivity (Wildman–Crippen MR) is 63.2 cm³/mol. The van der Waals surface area contributed by atoms with Crippen LogP contribution in [0.3, 0.4) is 0 Å². The van der Waals surface area contributed by atoms with Crippen LogP contribution in [-0.2, 0) is 4.74 Å². The smallest absolute Gasteiger partial charge is 0.130 e. The van der Waals surface area contributed by atoms with Crippen LogP contribution < -0.4 is 5.14 Å². The van der Waals surface area contributed by atoms with Gasteiger partial charge in [-0.1, -0.05) is 18.0 Å². The Labute approximate surface area is 97.8 Å². The number of rotatable bonds is 3. The highest BCUT2D eigenvalue weighted by Crippen LogP contribution is 2.24. The fraction of sp³-hybridized carbons (Fsp3) is 0.444. The molecule has 0 radical (unpaired) electrons. The van der Waals surface area contributed by atoms with Gasteiger partial charge in [0.25, 0.3) is 0 Å². The summed E-state index contributed by atoms with van der Waals surface area (Å²) in [5.74, 6) is 0. The SMILES string of the molecule is NSC1CN(Sc2ccccn2)CCO1.